The number of aryl methyl sites for hydroxylation is 1. The Morgan fingerprint density at radius 1 is 0.952 bits per heavy atom. The third kappa shape index (κ3) is 2.88. The molecule has 3 aromatic rings. The summed E-state index contributed by atoms with van der Waals surface area (Å²) in [5.41, 5.74) is 9.80. The normalized spacial score (nSPS) is 10.5. The number of anilines is 2. The van der Waals surface area contributed by atoms with E-state index in [1.165, 1.54) is 16.3 Å². The molecule has 0 aromatic heterocycles. The van der Waals surface area contributed by atoms with Crippen LogP contribution in [-0.4, -0.2) is 4.99 Å². The van der Waals surface area contributed by atoms with Crippen molar-refractivity contribution >= 4 is 39.4 Å². The van der Waals surface area contributed by atoms with E-state index >= 15 is 0 Å². The van der Waals surface area contributed by atoms with Crippen LogP contribution in [-0.2, 0) is 0 Å². The predicted molar refractivity (Wildman–Crippen MR) is 94.3 cm³/mol. The molecular formula is C18H16N2S. The largest absolute Gasteiger partial charge is 0.389 e. The van der Waals surface area contributed by atoms with Crippen LogP contribution in [0.1, 0.15) is 11.1 Å². The highest BCUT2D eigenvalue weighted by Gasteiger charge is 2.06. The number of nitrogens with two attached hydrogens (primary N) is 1. The van der Waals surface area contributed by atoms with Gasteiger partial charge < -0.3 is 11.1 Å². The Hall–Kier alpha value is -2.39. The van der Waals surface area contributed by atoms with Crippen LogP contribution >= 0.6 is 12.2 Å². The molecule has 21 heavy (non-hydrogen) atoms. The van der Waals surface area contributed by atoms with Crippen LogP contribution in [0.3, 0.4) is 0 Å². The van der Waals surface area contributed by atoms with Crippen LogP contribution in [0.4, 0.5) is 11.4 Å². The quantitative estimate of drug-likeness (QED) is 0.697. The molecule has 0 aliphatic heterocycles. The van der Waals surface area contributed by atoms with Crippen molar-refractivity contribution in [3.05, 3.63) is 71.8 Å². The molecule has 3 N–H and O–H groups in total. The molecule has 2 nitrogen and oxygen atoms in total. The number of hydrogen-bond acceptors (Lipinski definition) is 2. The molecule has 0 atom stereocenters. The van der Waals surface area contributed by atoms with Crippen molar-refractivity contribution in [3.63, 3.8) is 0 Å². The summed E-state index contributed by atoms with van der Waals surface area (Å²) in [6.07, 6.45) is 0. The summed E-state index contributed by atoms with van der Waals surface area (Å²) in [7, 11) is 0. The van der Waals surface area contributed by atoms with Gasteiger partial charge >= 0.3 is 0 Å². The first-order valence-electron chi connectivity index (χ1n) is 6.80. The second kappa shape index (κ2) is 5.54. The number of thiocarbonyl (C=S) groups is 1. The highest BCUT2D eigenvalue weighted by molar-refractivity contribution is 7.80. The van der Waals surface area contributed by atoms with Crippen LogP contribution in [0.2, 0.25) is 0 Å². The van der Waals surface area contributed by atoms with Crippen LogP contribution in [0.25, 0.3) is 10.8 Å². The molecule has 0 bridgehead atoms. The maximum Gasteiger partial charge on any atom is 0.106 e. The smallest absolute Gasteiger partial charge is 0.106 e. The fourth-order valence-electron chi connectivity index (χ4n) is 2.40. The lowest BCUT2D eigenvalue weighted by Gasteiger charge is -2.13. The van der Waals surface area contributed by atoms with Crippen LogP contribution in [0.15, 0.2) is 60.7 Å². The standard InChI is InChI=1S/C18H16N2S/c1-12-6-9-16(18(19)21)17(10-12)20-15-8-7-13-4-2-3-5-14(13)11-15/h2-11,20H,1H3,(H2,19,21). The molecule has 0 aliphatic carbocycles. The van der Waals surface area contributed by atoms with Gasteiger partial charge in [0.2, 0.25) is 0 Å². The average molecular weight is 292 g/mol. The zero-order valence-corrected chi connectivity index (χ0v) is 12.6. The topological polar surface area (TPSA) is 38.0 Å². The van der Waals surface area contributed by atoms with Gasteiger partial charge in [0, 0.05) is 16.9 Å². The van der Waals surface area contributed by atoms with E-state index < -0.39 is 0 Å². The number of benzene rings is 3. The zero-order valence-electron chi connectivity index (χ0n) is 11.8. The van der Waals surface area contributed by atoms with E-state index in [-0.39, 0.29) is 0 Å². The second-order valence-corrected chi connectivity index (χ2v) is 5.54. The molecule has 0 amide bonds. The van der Waals surface area contributed by atoms with Crippen LogP contribution < -0.4 is 11.1 Å². The monoisotopic (exact) mass is 292 g/mol. The summed E-state index contributed by atoms with van der Waals surface area (Å²) < 4.78 is 0. The molecule has 0 heterocycles. The zero-order chi connectivity index (χ0) is 14.8. The van der Waals surface area contributed by atoms with Crippen LogP contribution in [0, 0.1) is 6.92 Å². The van der Waals surface area contributed by atoms with Crippen molar-refractivity contribution in [2.45, 2.75) is 6.92 Å². The first-order valence-corrected chi connectivity index (χ1v) is 7.20. The first kappa shape index (κ1) is 13.6. The Morgan fingerprint density at radius 3 is 2.48 bits per heavy atom. The van der Waals surface area contributed by atoms with Crippen molar-refractivity contribution in [3.8, 4) is 0 Å². The maximum atomic E-state index is 5.80. The summed E-state index contributed by atoms with van der Waals surface area (Å²) in [4.78, 5) is 0.401. The van der Waals surface area contributed by atoms with Gasteiger partial charge in [0.1, 0.15) is 4.99 Å². The summed E-state index contributed by atoms with van der Waals surface area (Å²) in [6, 6.07) is 20.6. The molecule has 3 aromatic carbocycles. The van der Waals surface area contributed by atoms with Crippen molar-refractivity contribution in [2.75, 3.05) is 5.32 Å². The van der Waals surface area contributed by atoms with E-state index in [0.717, 1.165) is 16.9 Å². The SMILES string of the molecule is Cc1ccc(C(N)=S)c(Nc2ccc3ccccc3c2)c1. The van der Waals surface area contributed by atoms with Gasteiger partial charge in [0.25, 0.3) is 0 Å². The molecular weight excluding hydrogens is 276 g/mol. The van der Waals surface area contributed by atoms with Crippen molar-refractivity contribution in [2.24, 2.45) is 5.73 Å². The number of fused-ring (bicyclic) bond motifs is 1. The molecule has 0 spiro atoms. The minimum atomic E-state index is 0.401. The lowest BCUT2D eigenvalue weighted by Crippen LogP contribution is -2.12. The van der Waals surface area contributed by atoms with E-state index in [9.17, 15) is 0 Å². The minimum absolute atomic E-state index is 0.401. The van der Waals surface area contributed by atoms with E-state index in [0.29, 0.717) is 4.99 Å². The highest BCUT2D eigenvalue weighted by Crippen LogP contribution is 2.25. The summed E-state index contributed by atoms with van der Waals surface area (Å²) in [6.45, 7) is 2.05. The van der Waals surface area contributed by atoms with Crippen molar-refractivity contribution in [1.82, 2.24) is 0 Å². The average Bonchev–Trinajstić information content (AvgIpc) is 2.47. The first-order chi connectivity index (χ1) is 10.1. The van der Waals surface area contributed by atoms with Gasteiger partial charge in [-0.15, -0.1) is 0 Å². The van der Waals surface area contributed by atoms with Crippen molar-refractivity contribution < 1.29 is 0 Å². The lowest BCUT2D eigenvalue weighted by molar-refractivity contribution is 1.44. The fraction of sp³-hybridized carbons (Fsp3) is 0.0556. The summed E-state index contributed by atoms with van der Waals surface area (Å²) in [5, 5.41) is 5.84. The Kier molecular flexibility index (Phi) is 3.59. The molecule has 3 rings (SSSR count). The Balaban J connectivity index is 2.02. The van der Waals surface area contributed by atoms with E-state index in [1.807, 2.05) is 24.3 Å². The van der Waals surface area contributed by atoms with Gasteiger partial charge in [-0.05, 0) is 47.5 Å². The third-order valence-corrected chi connectivity index (χ3v) is 3.69. The van der Waals surface area contributed by atoms with E-state index in [1.54, 1.807) is 0 Å². The van der Waals surface area contributed by atoms with Crippen LogP contribution in [0.5, 0.6) is 0 Å². The van der Waals surface area contributed by atoms with Gasteiger partial charge in [-0.25, -0.2) is 0 Å². The number of rotatable bonds is 3. The molecule has 3 heteroatoms. The number of hydrogen-bond donors (Lipinski definition) is 2. The maximum absolute atomic E-state index is 5.80. The Morgan fingerprint density at radius 2 is 1.71 bits per heavy atom. The van der Waals surface area contributed by atoms with E-state index in [2.05, 4.69) is 48.6 Å². The molecule has 0 aliphatic rings. The van der Waals surface area contributed by atoms with Crippen molar-refractivity contribution in [1.29, 1.82) is 0 Å². The highest BCUT2D eigenvalue weighted by atomic mass is 32.1. The van der Waals surface area contributed by atoms with Gasteiger partial charge in [-0.3, -0.25) is 0 Å². The lowest BCUT2D eigenvalue weighted by atomic mass is 10.1. The molecule has 0 saturated heterocycles. The summed E-state index contributed by atoms with van der Waals surface area (Å²) >= 11 is 5.12. The Bertz CT molecular complexity index is 824. The molecule has 0 unspecified atom stereocenters. The van der Waals surface area contributed by atoms with Gasteiger partial charge in [0.05, 0.1) is 0 Å². The molecule has 0 radical (unpaired) electrons. The summed E-state index contributed by atoms with van der Waals surface area (Å²) in [5.74, 6) is 0. The van der Waals surface area contributed by atoms with E-state index in [4.69, 9.17) is 18.0 Å². The third-order valence-electron chi connectivity index (χ3n) is 3.47. The molecule has 104 valence electrons. The second-order valence-electron chi connectivity index (χ2n) is 5.10. The van der Waals surface area contributed by atoms with Gasteiger partial charge in [-0.2, -0.15) is 0 Å². The molecule has 0 fully saturated rings. The fourth-order valence-corrected chi connectivity index (χ4v) is 2.58. The Labute approximate surface area is 129 Å². The minimum Gasteiger partial charge on any atom is -0.389 e. The molecule has 0 saturated carbocycles. The predicted octanol–water partition coefficient (Wildman–Crippen LogP) is 4.53. The number of nitrogens with one attached hydrogen (secondary N) is 1. The van der Waals surface area contributed by atoms with Gasteiger partial charge in [0.15, 0.2) is 0 Å². The van der Waals surface area contributed by atoms with Gasteiger partial charge in [-0.1, -0.05) is 48.6 Å².